The molecule has 1 unspecified atom stereocenters. The van der Waals surface area contributed by atoms with E-state index in [9.17, 15) is 0 Å². The van der Waals surface area contributed by atoms with Crippen LogP contribution in [0.15, 0.2) is 48.7 Å². The molecular formula is C16H17N2P. The standard InChI is InChI=1S/C16H17N2P/c1-16(2,3)15-18-13-10-7-11-17-14(13)19(15)12-8-5-4-6-9-12/h4-11H,1-3H3. The highest BCUT2D eigenvalue weighted by Gasteiger charge is 2.24. The van der Waals surface area contributed by atoms with Crippen LogP contribution >= 0.6 is 7.53 Å². The van der Waals surface area contributed by atoms with Crippen molar-refractivity contribution in [3.05, 3.63) is 54.1 Å². The van der Waals surface area contributed by atoms with E-state index in [1.54, 1.807) is 0 Å². The van der Waals surface area contributed by atoms with E-state index < -0.39 is 7.53 Å². The van der Waals surface area contributed by atoms with Crippen molar-refractivity contribution in [1.29, 1.82) is 0 Å². The van der Waals surface area contributed by atoms with Gasteiger partial charge in [0.2, 0.25) is 0 Å². The van der Waals surface area contributed by atoms with Crippen molar-refractivity contribution in [1.82, 2.24) is 9.97 Å². The van der Waals surface area contributed by atoms with Crippen molar-refractivity contribution in [3.63, 3.8) is 0 Å². The normalized spacial score (nSPS) is 12.9. The van der Waals surface area contributed by atoms with Crippen molar-refractivity contribution < 1.29 is 0 Å². The van der Waals surface area contributed by atoms with E-state index in [4.69, 9.17) is 4.98 Å². The maximum absolute atomic E-state index is 4.86. The Hall–Kier alpha value is -1.66. The number of hydrogen-bond acceptors (Lipinski definition) is 2. The smallest absolute Gasteiger partial charge is 0.113 e. The van der Waals surface area contributed by atoms with Gasteiger partial charge in [-0.25, -0.2) is 9.97 Å². The molecule has 96 valence electrons. The molecule has 0 aliphatic carbocycles. The summed E-state index contributed by atoms with van der Waals surface area (Å²) in [7, 11) is -0.569. The fourth-order valence-electron chi connectivity index (χ4n) is 2.24. The molecule has 0 spiro atoms. The summed E-state index contributed by atoms with van der Waals surface area (Å²) in [5.41, 5.74) is 2.38. The van der Waals surface area contributed by atoms with Gasteiger partial charge in [-0.05, 0) is 19.7 Å². The van der Waals surface area contributed by atoms with Crippen LogP contribution in [0.2, 0.25) is 0 Å². The molecule has 2 nitrogen and oxygen atoms in total. The molecular weight excluding hydrogens is 251 g/mol. The Morgan fingerprint density at radius 2 is 1.68 bits per heavy atom. The first-order chi connectivity index (χ1) is 9.07. The fourth-order valence-corrected chi connectivity index (χ4v) is 4.81. The molecule has 0 fully saturated rings. The topological polar surface area (TPSA) is 25.8 Å². The lowest BCUT2D eigenvalue weighted by Gasteiger charge is -2.18. The van der Waals surface area contributed by atoms with Crippen molar-refractivity contribution >= 4 is 18.3 Å². The van der Waals surface area contributed by atoms with Crippen molar-refractivity contribution in [2.24, 2.45) is 0 Å². The number of nitrogens with zero attached hydrogens (tertiary/aromatic N) is 2. The second kappa shape index (κ2) is 4.47. The minimum Gasteiger partial charge on any atom is -0.250 e. The molecule has 0 aliphatic heterocycles. The van der Waals surface area contributed by atoms with Gasteiger partial charge in [-0.15, -0.1) is 0 Å². The Bertz CT molecular complexity index is 708. The van der Waals surface area contributed by atoms with Crippen molar-refractivity contribution in [3.8, 4) is 5.30 Å². The first-order valence-electron chi connectivity index (χ1n) is 6.47. The Labute approximate surface area is 114 Å². The molecule has 2 aromatic heterocycles. The Morgan fingerprint density at radius 3 is 2.37 bits per heavy atom. The number of hydrogen-bond donors (Lipinski definition) is 0. The number of aromatic nitrogens is 2. The molecule has 0 N–H and O–H groups in total. The molecule has 0 bridgehead atoms. The molecule has 2 heterocycles. The quantitative estimate of drug-likeness (QED) is 0.627. The summed E-state index contributed by atoms with van der Waals surface area (Å²) >= 11 is 0. The molecule has 3 aromatic rings. The summed E-state index contributed by atoms with van der Waals surface area (Å²) in [5, 5.41) is 2.48. The maximum atomic E-state index is 4.86. The SMILES string of the molecule is CC(C)(C)c1nc2cccnc2p1-c1ccccc1. The van der Waals surface area contributed by atoms with Gasteiger partial charge in [-0.3, -0.25) is 0 Å². The lowest BCUT2D eigenvalue weighted by atomic mass is 9.98. The largest absolute Gasteiger partial charge is 0.250 e. The molecule has 0 radical (unpaired) electrons. The number of rotatable bonds is 1. The zero-order valence-electron chi connectivity index (χ0n) is 11.5. The summed E-state index contributed by atoms with van der Waals surface area (Å²) in [6, 6.07) is 14.7. The van der Waals surface area contributed by atoms with Crippen LogP contribution < -0.4 is 0 Å². The lowest BCUT2D eigenvalue weighted by Crippen LogP contribution is -2.10. The fraction of sp³-hybridized carbons (Fsp3) is 0.250. The second-order valence-corrected chi connectivity index (χ2v) is 7.74. The van der Waals surface area contributed by atoms with E-state index in [-0.39, 0.29) is 5.41 Å². The van der Waals surface area contributed by atoms with Crippen LogP contribution in [0.4, 0.5) is 0 Å². The summed E-state index contributed by atoms with van der Waals surface area (Å²) in [6.45, 7) is 6.70. The summed E-state index contributed by atoms with van der Waals surface area (Å²) in [4.78, 5) is 9.46. The molecule has 0 amide bonds. The van der Waals surface area contributed by atoms with E-state index >= 15 is 0 Å². The third kappa shape index (κ3) is 2.17. The van der Waals surface area contributed by atoms with E-state index in [2.05, 4.69) is 62.2 Å². The lowest BCUT2D eigenvalue weighted by molar-refractivity contribution is 0.587. The molecule has 0 saturated carbocycles. The molecule has 1 aromatic carbocycles. The van der Waals surface area contributed by atoms with E-state index in [1.807, 2.05) is 12.3 Å². The second-order valence-electron chi connectivity index (χ2n) is 5.70. The number of pyridine rings is 1. The Kier molecular flexibility index (Phi) is 2.91. The highest BCUT2D eigenvalue weighted by atomic mass is 31.1. The minimum atomic E-state index is -0.569. The Morgan fingerprint density at radius 1 is 0.947 bits per heavy atom. The maximum Gasteiger partial charge on any atom is 0.113 e. The van der Waals surface area contributed by atoms with Gasteiger partial charge in [-0.1, -0.05) is 51.1 Å². The first kappa shape index (κ1) is 12.4. The van der Waals surface area contributed by atoms with Crippen LogP contribution in [0.3, 0.4) is 0 Å². The molecule has 3 heteroatoms. The highest BCUT2D eigenvalue weighted by Crippen LogP contribution is 2.52. The first-order valence-corrected chi connectivity index (χ1v) is 7.81. The van der Waals surface area contributed by atoms with Crippen LogP contribution in [0.25, 0.3) is 16.1 Å². The molecule has 19 heavy (non-hydrogen) atoms. The van der Waals surface area contributed by atoms with Gasteiger partial charge >= 0.3 is 0 Å². The van der Waals surface area contributed by atoms with Crippen LogP contribution in [0.5, 0.6) is 0 Å². The van der Waals surface area contributed by atoms with Gasteiger partial charge in [0.1, 0.15) is 5.25 Å². The Balaban J connectivity index is 2.38. The predicted octanol–water partition coefficient (Wildman–Crippen LogP) is 4.90. The van der Waals surface area contributed by atoms with Gasteiger partial charge in [0, 0.05) is 16.9 Å². The molecule has 3 rings (SSSR count). The zero-order chi connectivity index (χ0) is 13.5. The van der Waals surface area contributed by atoms with Gasteiger partial charge < -0.3 is 0 Å². The van der Waals surface area contributed by atoms with Gasteiger partial charge in [0.05, 0.1) is 10.9 Å². The van der Waals surface area contributed by atoms with Crippen LogP contribution in [-0.4, -0.2) is 9.97 Å². The number of benzene rings is 1. The number of fused-ring (bicyclic) bond motifs is 1. The van der Waals surface area contributed by atoms with Crippen LogP contribution in [0, 0.1) is 0 Å². The van der Waals surface area contributed by atoms with Crippen LogP contribution in [0.1, 0.15) is 26.2 Å². The molecule has 1 atom stereocenters. The van der Waals surface area contributed by atoms with Gasteiger partial charge in [-0.2, -0.15) is 0 Å². The summed E-state index contributed by atoms with van der Waals surface area (Å²) in [6.07, 6.45) is 1.87. The predicted molar refractivity (Wildman–Crippen MR) is 82.3 cm³/mol. The third-order valence-corrected chi connectivity index (χ3v) is 5.88. The highest BCUT2D eigenvalue weighted by molar-refractivity contribution is 7.63. The van der Waals surface area contributed by atoms with Gasteiger partial charge in [0.15, 0.2) is 0 Å². The zero-order valence-corrected chi connectivity index (χ0v) is 12.4. The monoisotopic (exact) mass is 268 g/mol. The van der Waals surface area contributed by atoms with Crippen molar-refractivity contribution in [2.75, 3.05) is 0 Å². The average molecular weight is 268 g/mol. The third-order valence-electron chi connectivity index (χ3n) is 3.10. The van der Waals surface area contributed by atoms with Crippen LogP contribution in [-0.2, 0) is 5.41 Å². The molecule has 0 saturated heterocycles. The average Bonchev–Trinajstić information content (AvgIpc) is 2.79. The van der Waals surface area contributed by atoms with E-state index in [0.717, 1.165) is 10.8 Å². The van der Waals surface area contributed by atoms with Gasteiger partial charge in [0.25, 0.3) is 0 Å². The van der Waals surface area contributed by atoms with Crippen molar-refractivity contribution in [2.45, 2.75) is 26.2 Å². The van der Waals surface area contributed by atoms with E-state index in [1.165, 1.54) is 10.7 Å². The summed E-state index contributed by atoms with van der Waals surface area (Å²) in [5.74, 6) is 0. The summed E-state index contributed by atoms with van der Waals surface area (Å²) < 4.78 is 0. The minimum absolute atomic E-state index is 0.0717. The molecule has 0 aliphatic rings. The van der Waals surface area contributed by atoms with E-state index in [0.29, 0.717) is 0 Å².